The molecule has 0 fully saturated rings. The van der Waals surface area contributed by atoms with Crippen LogP contribution in [-0.4, -0.2) is 24.5 Å². The van der Waals surface area contributed by atoms with Crippen LogP contribution in [0.15, 0.2) is 42.9 Å². The van der Waals surface area contributed by atoms with Crippen molar-refractivity contribution in [3.8, 4) is 5.95 Å². The van der Waals surface area contributed by atoms with Crippen molar-refractivity contribution in [1.29, 1.82) is 0 Å². The third kappa shape index (κ3) is 2.18. The maximum Gasteiger partial charge on any atom is 0.239 e. The maximum atomic E-state index is 4.51. The molecule has 4 rings (SSSR count). The molecule has 0 spiro atoms. The average molecular weight is 499 g/mol. The Morgan fingerprint density at radius 1 is 0.952 bits per heavy atom. The van der Waals surface area contributed by atoms with Gasteiger partial charge in [-0.05, 0) is 46.9 Å². The molecule has 1 aromatic carbocycles. The zero-order valence-corrected chi connectivity index (χ0v) is 14.8. The smallest absolute Gasteiger partial charge is 0.239 e. The molecule has 3 aromatic heterocycles. The van der Waals surface area contributed by atoms with Crippen LogP contribution in [0.4, 0.5) is 0 Å². The lowest BCUT2D eigenvalue weighted by molar-refractivity contribution is 0.908. The molecule has 7 heteroatoms. The zero-order chi connectivity index (χ0) is 14.4. The number of aromatic nitrogens is 5. The van der Waals surface area contributed by atoms with Gasteiger partial charge in [-0.1, -0.05) is 6.07 Å². The van der Waals surface area contributed by atoms with Crippen molar-refractivity contribution in [3.05, 3.63) is 50.3 Å². The fourth-order valence-electron chi connectivity index (χ4n) is 2.40. The molecule has 0 radical (unpaired) electrons. The predicted octanol–water partition coefficient (Wildman–Crippen LogP) is 3.57. The van der Waals surface area contributed by atoms with Crippen LogP contribution in [0.25, 0.3) is 27.9 Å². The minimum atomic E-state index is 0.593. The fourth-order valence-corrected chi connectivity index (χ4v) is 3.21. The number of rotatable bonds is 1. The molecule has 21 heavy (non-hydrogen) atoms. The maximum absolute atomic E-state index is 4.51. The Labute approximate surface area is 147 Å². The summed E-state index contributed by atoms with van der Waals surface area (Å²) in [5, 5.41) is 2.24. The molecule has 0 aliphatic heterocycles. The second kappa shape index (κ2) is 5.13. The third-order valence-electron chi connectivity index (χ3n) is 3.22. The summed E-state index contributed by atoms with van der Waals surface area (Å²) in [5.41, 5.74) is 1.91. The Balaban J connectivity index is 2.21. The van der Waals surface area contributed by atoms with Gasteiger partial charge in [0.1, 0.15) is 12.0 Å². The SMILES string of the molecule is Ic1ccc2c3cccnc3n(-c3ncnc(I)n3)c2c1. The van der Waals surface area contributed by atoms with Gasteiger partial charge in [-0.3, -0.25) is 4.57 Å². The summed E-state index contributed by atoms with van der Waals surface area (Å²) in [5.74, 6) is 0.593. The highest BCUT2D eigenvalue weighted by Crippen LogP contribution is 2.30. The molecular weight excluding hydrogens is 492 g/mol. The van der Waals surface area contributed by atoms with Gasteiger partial charge in [-0.25, -0.2) is 15.0 Å². The third-order valence-corrected chi connectivity index (χ3v) is 4.41. The van der Waals surface area contributed by atoms with Crippen molar-refractivity contribution in [2.75, 3.05) is 0 Å². The van der Waals surface area contributed by atoms with Crippen LogP contribution in [0.1, 0.15) is 0 Å². The number of nitrogens with zero attached hydrogens (tertiary/aromatic N) is 5. The lowest BCUT2D eigenvalue weighted by Gasteiger charge is -2.04. The van der Waals surface area contributed by atoms with E-state index in [0.717, 1.165) is 25.5 Å². The Morgan fingerprint density at radius 2 is 1.86 bits per heavy atom. The normalized spacial score (nSPS) is 11.3. The first-order chi connectivity index (χ1) is 10.2. The molecule has 0 aliphatic carbocycles. The molecule has 0 aliphatic rings. The van der Waals surface area contributed by atoms with E-state index in [1.54, 1.807) is 6.20 Å². The number of pyridine rings is 1. The molecule has 0 bridgehead atoms. The van der Waals surface area contributed by atoms with Gasteiger partial charge in [0.15, 0.2) is 3.83 Å². The molecule has 0 atom stereocenters. The Hall–Kier alpha value is -1.36. The van der Waals surface area contributed by atoms with Crippen molar-refractivity contribution < 1.29 is 0 Å². The van der Waals surface area contributed by atoms with E-state index >= 15 is 0 Å². The number of hydrogen-bond acceptors (Lipinski definition) is 4. The average Bonchev–Trinajstić information content (AvgIpc) is 2.80. The van der Waals surface area contributed by atoms with Crippen molar-refractivity contribution in [2.45, 2.75) is 0 Å². The molecule has 4 aromatic rings. The minimum Gasteiger partial charge on any atom is -0.262 e. The van der Waals surface area contributed by atoms with Gasteiger partial charge in [0.25, 0.3) is 0 Å². The summed E-state index contributed by atoms with van der Waals surface area (Å²) < 4.78 is 3.80. The van der Waals surface area contributed by atoms with Gasteiger partial charge in [0, 0.05) is 43.1 Å². The lowest BCUT2D eigenvalue weighted by atomic mass is 10.2. The fraction of sp³-hybridized carbons (Fsp3) is 0. The van der Waals surface area contributed by atoms with Crippen LogP contribution in [-0.2, 0) is 0 Å². The van der Waals surface area contributed by atoms with Gasteiger partial charge < -0.3 is 0 Å². The topological polar surface area (TPSA) is 56.5 Å². The number of hydrogen-bond donors (Lipinski definition) is 0. The van der Waals surface area contributed by atoms with E-state index < -0.39 is 0 Å². The zero-order valence-electron chi connectivity index (χ0n) is 10.5. The summed E-state index contributed by atoms with van der Waals surface area (Å²) in [6, 6.07) is 10.3. The van der Waals surface area contributed by atoms with Crippen molar-refractivity contribution in [1.82, 2.24) is 24.5 Å². The van der Waals surface area contributed by atoms with Gasteiger partial charge in [-0.15, -0.1) is 0 Å². The van der Waals surface area contributed by atoms with Crippen molar-refractivity contribution in [3.63, 3.8) is 0 Å². The highest BCUT2D eigenvalue weighted by atomic mass is 127. The van der Waals surface area contributed by atoms with Crippen LogP contribution in [0.2, 0.25) is 0 Å². The van der Waals surface area contributed by atoms with Crippen LogP contribution < -0.4 is 0 Å². The predicted molar refractivity (Wildman–Crippen MR) is 97.4 cm³/mol. The highest BCUT2D eigenvalue weighted by Gasteiger charge is 2.15. The first-order valence-corrected chi connectivity index (χ1v) is 8.29. The highest BCUT2D eigenvalue weighted by molar-refractivity contribution is 14.1. The first-order valence-electron chi connectivity index (χ1n) is 6.13. The summed E-state index contributed by atoms with van der Waals surface area (Å²) >= 11 is 4.39. The summed E-state index contributed by atoms with van der Waals surface area (Å²) in [4.78, 5) is 17.3. The Kier molecular flexibility index (Phi) is 3.25. The number of benzene rings is 1. The van der Waals surface area contributed by atoms with E-state index in [1.807, 2.05) is 10.6 Å². The summed E-state index contributed by atoms with van der Waals surface area (Å²) in [6.45, 7) is 0. The van der Waals surface area contributed by atoms with Crippen LogP contribution in [0.5, 0.6) is 0 Å². The minimum absolute atomic E-state index is 0.593. The molecule has 0 saturated heterocycles. The van der Waals surface area contributed by atoms with E-state index in [2.05, 4.69) is 89.4 Å². The van der Waals surface area contributed by atoms with E-state index in [1.165, 1.54) is 6.33 Å². The van der Waals surface area contributed by atoms with Crippen molar-refractivity contribution >= 4 is 67.1 Å². The largest absolute Gasteiger partial charge is 0.262 e. The van der Waals surface area contributed by atoms with Gasteiger partial charge in [-0.2, -0.15) is 4.98 Å². The summed E-state index contributed by atoms with van der Waals surface area (Å²) in [6.07, 6.45) is 3.31. The second-order valence-corrected chi connectivity index (χ2v) is 6.64. The second-order valence-electron chi connectivity index (χ2n) is 4.43. The molecule has 3 heterocycles. The van der Waals surface area contributed by atoms with E-state index in [-0.39, 0.29) is 0 Å². The molecule has 102 valence electrons. The Morgan fingerprint density at radius 3 is 2.71 bits per heavy atom. The molecule has 0 amide bonds. The standard InChI is InChI=1S/C14H7I2N5/c15-8-3-4-9-10-2-1-5-17-12(10)21(11(9)6-8)14-19-7-18-13(16)20-14/h1-7H. The molecule has 0 unspecified atom stereocenters. The first kappa shape index (κ1) is 13.3. The molecule has 5 nitrogen and oxygen atoms in total. The Bertz CT molecular complexity index is 980. The molecule has 0 N–H and O–H groups in total. The van der Waals surface area contributed by atoms with E-state index in [4.69, 9.17) is 0 Å². The van der Waals surface area contributed by atoms with E-state index in [9.17, 15) is 0 Å². The summed E-state index contributed by atoms with van der Waals surface area (Å²) in [7, 11) is 0. The van der Waals surface area contributed by atoms with Gasteiger partial charge >= 0.3 is 0 Å². The molecular formula is C14H7I2N5. The number of fused-ring (bicyclic) bond motifs is 3. The number of halogens is 2. The van der Waals surface area contributed by atoms with Crippen molar-refractivity contribution in [2.24, 2.45) is 0 Å². The van der Waals surface area contributed by atoms with Crippen LogP contribution in [0, 0.1) is 7.40 Å². The van der Waals surface area contributed by atoms with Crippen LogP contribution in [0.3, 0.4) is 0 Å². The quantitative estimate of drug-likeness (QED) is 0.376. The molecule has 0 saturated carbocycles. The van der Waals surface area contributed by atoms with Gasteiger partial charge in [0.2, 0.25) is 5.95 Å². The van der Waals surface area contributed by atoms with Gasteiger partial charge in [0.05, 0.1) is 5.52 Å². The van der Waals surface area contributed by atoms with Crippen LogP contribution >= 0.6 is 45.2 Å². The monoisotopic (exact) mass is 499 g/mol. The van der Waals surface area contributed by atoms with E-state index in [0.29, 0.717) is 9.78 Å². The lowest BCUT2D eigenvalue weighted by Crippen LogP contribution is -2.04.